The Morgan fingerprint density at radius 1 is 0.854 bits per heavy atom. The van der Waals surface area contributed by atoms with Crippen molar-refractivity contribution < 1.29 is 22.8 Å². The number of hydrogen-bond donors (Lipinski definition) is 2. The fraction of sp³-hybridized carbons (Fsp3) is 0.688. The van der Waals surface area contributed by atoms with Gasteiger partial charge in [0.25, 0.3) is 0 Å². The van der Waals surface area contributed by atoms with Crippen LogP contribution in [-0.2, 0) is 29.4 Å². The molecule has 0 spiro atoms. The summed E-state index contributed by atoms with van der Waals surface area (Å²) in [6.45, 7) is 11.8. The van der Waals surface area contributed by atoms with Crippen molar-refractivity contribution in [3.63, 3.8) is 0 Å². The van der Waals surface area contributed by atoms with Crippen LogP contribution < -0.4 is 10.6 Å². The van der Waals surface area contributed by atoms with Gasteiger partial charge in [-0.1, -0.05) is 102 Å². The van der Waals surface area contributed by atoms with Crippen molar-refractivity contribution >= 4 is 34.9 Å². The van der Waals surface area contributed by atoms with Crippen LogP contribution in [0, 0.1) is 0 Å². The van der Waals surface area contributed by atoms with E-state index in [9.17, 15) is 4.79 Å². The Labute approximate surface area is 258 Å². The van der Waals surface area contributed by atoms with Crippen molar-refractivity contribution in [3.05, 3.63) is 48.0 Å². The third-order valence-electron chi connectivity index (χ3n) is 6.61. The predicted octanol–water partition coefficient (Wildman–Crippen LogP) is 6.12. The quantitative estimate of drug-likeness (QED) is 0.0569. The van der Waals surface area contributed by atoms with Crippen LogP contribution in [0.3, 0.4) is 0 Å². The van der Waals surface area contributed by atoms with E-state index in [4.69, 9.17) is 18.0 Å². The Bertz CT molecular complexity index is 766. The minimum atomic E-state index is -2.46. The second kappa shape index (κ2) is 28.9. The van der Waals surface area contributed by atoms with Gasteiger partial charge in [-0.25, -0.2) is 4.79 Å². The summed E-state index contributed by atoms with van der Waals surface area (Å²) in [6, 6.07) is 11.3. The maximum atomic E-state index is 11.1. The maximum absolute atomic E-state index is 11.1. The van der Waals surface area contributed by atoms with Gasteiger partial charge in [-0.3, -0.25) is 0 Å². The van der Waals surface area contributed by atoms with Gasteiger partial charge in [0.2, 0.25) is 0 Å². The van der Waals surface area contributed by atoms with Crippen molar-refractivity contribution in [2.24, 2.45) is 0 Å². The molecule has 0 unspecified atom stereocenters. The molecule has 0 fully saturated rings. The zero-order valence-corrected chi connectivity index (χ0v) is 28.8. The van der Waals surface area contributed by atoms with E-state index >= 15 is 0 Å². The molecular weight excluding hydrogens is 547 g/mol. The number of carbonyl (C=O) groups is 1. The molecular formula is C32H59AlN2O5Si. The monoisotopic (exact) mass is 606 g/mol. The number of benzene rings is 1. The Hall–Kier alpha value is -1.15. The summed E-state index contributed by atoms with van der Waals surface area (Å²) in [5, 5.41) is 10.7. The molecule has 0 aliphatic rings. The number of carbonyl (C=O) groups excluding carboxylic acids is 1. The summed E-state index contributed by atoms with van der Waals surface area (Å²) in [6.07, 6.45) is 13.9. The molecule has 0 saturated carbocycles. The van der Waals surface area contributed by atoms with Gasteiger partial charge in [-0.05, 0) is 13.3 Å². The third kappa shape index (κ3) is 24.0. The van der Waals surface area contributed by atoms with Crippen LogP contribution in [0.15, 0.2) is 42.5 Å². The molecule has 7 nitrogen and oxygen atoms in total. The van der Waals surface area contributed by atoms with E-state index < -0.39 is 8.80 Å². The van der Waals surface area contributed by atoms with Crippen LogP contribution in [-0.4, -0.2) is 80.9 Å². The van der Waals surface area contributed by atoms with Gasteiger partial charge in [-0.2, -0.15) is 0 Å². The van der Waals surface area contributed by atoms with E-state index in [0.717, 1.165) is 45.1 Å². The number of esters is 1. The third-order valence-corrected chi connectivity index (χ3v) is 10.2. The second-order valence-electron chi connectivity index (χ2n) is 10.3. The van der Waals surface area contributed by atoms with Gasteiger partial charge in [0.15, 0.2) is 0 Å². The molecule has 0 aliphatic heterocycles. The van der Waals surface area contributed by atoms with Gasteiger partial charge in [0.1, 0.15) is 0 Å². The van der Waals surface area contributed by atoms with Gasteiger partial charge in [0.05, 0.1) is 6.61 Å². The second-order valence-corrected chi connectivity index (χ2v) is 14.2. The Kier molecular flexibility index (Phi) is 28.1. The number of rotatable bonds is 26. The van der Waals surface area contributed by atoms with Crippen molar-refractivity contribution in [1.82, 2.24) is 10.6 Å². The van der Waals surface area contributed by atoms with Gasteiger partial charge >= 0.3 is 123 Å². The molecule has 1 aromatic carbocycles. The van der Waals surface area contributed by atoms with Gasteiger partial charge < -0.3 is 4.74 Å². The van der Waals surface area contributed by atoms with Crippen LogP contribution in [0.1, 0.15) is 90.0 Å². The number of unbranched alkanes of at least 4 members (excludes halogenated alkanes) is 9. The SMILES string of the molecule is C=C(C)C(=O)OCCCCCCCCCCCC.[CH2]=[Al][CH2]O[Si](CCCNCCNCc1ccccc1)(OC)OC. The van der Waals surface area contributed by atoms with Crippen LogP contribution in [0.25, 0.3) is 0 Å². The molecule has 0 atom stereocenters. The van der Waals surface area contributed by atoms with Crippen LogP contribution in [0.5, 0.6) is 0 Å². The van der Waals surface area contributed by atoms with E-state index in [0.29, 0.717) is 17.6 Å². The van der Waals surface area contributed by atoms with Gasteiger partial charge in [0, 0.05) is 5.57 Å². The molecule has 2 N–H and O–H groups in total. The van der Waals surface area contributed by atoms with Crippen molar-refractivity contribution in [2.45, 2.75) is 97.1 Å². The van der Waals surface area contributed by atoms with Crippen LogP contribution in [0.4, 0.5) is 0 Å². The van der Waals surface area contributed by atoms with Crippen LogP contribution >= 0.6 is 0 Å². The van der Waals surface area contributed by atoms with E-state index in [1.807, 2.05) is 6.07 Å². The summed E-state index contributed by atoms with van der Waals surface area (Å²) in [4.78, 5) is 11.1. The average Bonchev–Trinajstić information content (AvgIpc) is 2.99. The number of hydrogen-bond acceptors (Lipinski definition) is 7. The van der Waals surface area contributed by atoms with Crippen molar-refractivity contribution in [2.75, 3.05) is 45.9 Å². The molecule has 0 aliphatic carbocycles. The fourth-order valence-electron chi connectivity index (χ4n) is 4.10. The summed E-state index contributed by atoms with van der Waals surface area (Å²) in [7, 11) is 0.893. The summed E-state index contributed by atoms with van der Waals surface area (Å²) < 4.78 is 21.9. The zero-order valence-electron chi connectivity index (χ0n) is 26.6. The fourth-order valence-corrected chi connectivity index (χ4v) is 7.15. The first kappa shape index (κ1) is 39.8. The topological polar surface area (TPSA) is 78.1 Å². The van der Waals surface area contributed by atoms with E-state index in [1.165, 1.54) is 63.4 Å². The Balaban J connectivity index is 0.000000807. The molecule has 0 radical (unpaired) electrons. The van der Waals surface area contributed by atoms with Crippen molar-refractivity contribution in [3.8, 4) is 0 Å². The molecule has 0 aromatic heterocycles. The summed E-state index contributed by atoms with van der Waals surface area (Å²) in [5.74, 6) is -0.258. The molecule has 9 heteroatoms. The summed E-state index contributed by atoms with van der Waals surface area (Å²) in [5.41, 5.74) is 2.47. The Morgan fingerprint density at radius 3 is 2.00 bits per heavy atom. The van der Waals surface area contributed by atoms with E-state index in [1.54, 1.807) is 21.1 Å². The minimum absolute atomic E-state index is 0.0692. The molecule has 1 rings (SSSR count). The first-order valence-corrected chi connectivity index (χ1v) is 19.1. The normalized spacial score (nSPS) is 10.9. The molecule has 1 aromatic rings. The molecule has 0 bridgehead atoms. The number of nitrogens with one attached hydrogen (secondary N) is 2. The van der Waals surface area contributed by atoms with Gasteiger partial charge in [-0.15, -0.1) is 0 Å². The molecule has 41 heavy (non-hydrogen) atoms. The number of ether oxygens (including phenoxy) is 1. The Morgan fingerprint density at radius 2 is 1.44 bits per heavy atom. The predicted molar refractivity (Wildman–Crippen MR) is 177 cm³/mol. The first-order valence-electron chi connectivity index (χ1n) is 15.6. The van der Waals surface area contributed by atoms with Crippen molar-refractivity contribution in [1.29, 1.82) is 0 Å². The molecule has 0 amide bonds. The van der Waals surface area contributed by atoms with E-state index in [-0.39, 0.29) is 20.7 Å². The molecule has 0 saturated heterocycles. The van der Waals surface area contributed by atoms with E-state index in [2.05, 4.69) is 53.8 Å². The summed E-state index contributed by atoms with van der Waals surface area (Å²) >= 11 is 0.0692. The average molecular weight is 607 g/mol. The molecule has 0 heterocycles. The molecule has 234 valence electrons. The van der Waals surface area contributed by atoms with Crippen LogP contribution in [0.2, 0.25) is 6.04 Å². The first-order chi connectivity index (χ1) is 19.9. The zero-order chi connectivity index (χ0) is 30.4. The standard InChI is InChI=1S/C16H30O2.C15H27N2O3Si.CH2.Al/c1-4-5-6-7-8-9-10-11-12-13-14-18-16(17)15(2)3;1-18-21(19-2,20-3)13-7-10-16-11-12-17-14-15-8-5-4-6-9-15;;/h2,4-14H2,1,3H3;4-6,8-9,16-17H,1,7,10-14H2,2-3H3;1H2;.